The lowest BCUT2D eigenvalue weighted by Crippen LogP contribution is -2.34. The molecule has 2 unspecified atom stereocenters. The van der Waals surface area contributed by atoms with Crippen molar-refractivity contribution in [1.29, 1.82) is 0 Å². The van der Waals surface area contributed by atoms with E-state index in [9.17, 15) is 14.7 Å². The maximum Gasteiger partial charge on any atom is 0.268 e. The number of carbonyl (C=O) groups is 2. The second kappa shape index (κ2) is 16.0. The summed E-state index contributed by atoms with van der Waals surface area (Å²) in [6.07, 6.45) is 3.13. The molecule has 0 aliphatic heterocycles. The van der Waals surface area contributed by atoms with Crippen LogP contribution >= 0.6 is 0 Å². The van der Waals surface area contributed by atoms with Crippen molar-refractivity contribution in [3.05, 3.63) is 71.0 Å². The molecule has 1 aromatic heterocycles. The van der Waals surface area contributed by atoms with Crippen molar-refractivity contribution in [2.45, 2.75) is 45.8 Å². The van der Waals surface area contributed by atoms with Gasteiger partial charge >= 0.3 is 0 Å². The van der Waals surface area contributed by atoms with Crippen LogP contribution in [0, 0.1) is 6.92 Å². The number of aryl methyl sites for hydroxylation is 2. The first kappa shape index (κ1) is 32.7. The van der Waals surface area contributed by atoms with Crippen molar-refractivity contribution >= 4 is 17.5 Å². The lowest BCUT2D eigenvalue weighted by atomic mass is 10.00. The van der Waals surface area contributed by atoms with E-state index in [0.717, 1.165) is 60.4 Å². The number of rotatable bonds is 16. The van der Waals surface area contributed by atoms with E-state index in [4.69, 9.17) is 9.84 Å². The second-order valence-electron chi connectivity index (χ2n) is 10.5. The van der Waals surface area contributed by atoms with Gasteiger partial charge in [-0.2, -0.15) is 0 Å². The molecular formula is C32H45N5O5. The highest BCUT2D eigenvalue weighted by molar-refractivity contribution is 5.97. The summed E-state index contributed by atoms with van der Waals surface area (Å²) in [5.41, 5.74) is 5.27. The quantitative estimate of drug-likeness (QED) is 0.143. The third kappa shape index (κ3) is 9.07. The largest absolute Gasteiger partial charge is 0.497 e. The summed E-state index contributed by atoms with van der Waals surface area (Å²) in [5.74, 6) is 0.0946. The van der Waals surface area contributed by atoms with Crippen molar-refractivity contribution in [3.8, 4) is 16.9 Å². The first-order chi connectivity index (χ1) is 20.2. The van der Waals surface area contributed by atoms with Crippen LogP contribution in [-0.4, -0.2) is 72.6 Å². The van der Waals surface area contributed by atoms with Gasteiger partial charge in [0.15, 0.2) is 0 Å². The molecular weight excluding hydrogens is 534 g/mol. The first-order valence-corrected chi connectivity index (χ1v) is 14.5. The van der Waals surface area contributed by atoms with Crippen LogP contribution in [-0.2, 0) is 7.05 Å². The van der Waals surface area contributed by atoms with Crippen LogP contribution < -0.4 is 26.0 Å². The number of hydrogen-bond donors (Lipinski definition) is 6. The van der Waals surface area contributed by atoms with Crippen LogP contribution in [0.4, 0.5) is 5.69 Å². The van der Waals surface area contributed by atoms with E-state index in [0.29, 0.717) is 17.0 Å². The van der Waals surface area contributed by atoms with Crippen molar-refractivity contribution in [1.82, 2.24) is 20.5 Å². The Labute approximate surface area is 248 Å². The number of carbonyl (C=O) groups excluding carboxylic acids is 2. The van der Waals surface area contributed by atoms with Gasteiger partial charge in [0, 0.05) is 49.7 Å². The Morgan fingerprint density at radius 2 is 1.81 bits per heavy atom. The number of ether oxygens (including phenoxy) is 1. The normalized spacial score (nSPS) is 12.5. The average Bonchev–Trinajstić information content (AvgIpc) is 3.39. The van der Waals surface area contributed by atoms with Crippen LogP contribution in [0.25, 0.3) is 11.1 Å². The second-order valence-corrected chi connectivity index (χ2v) is 10.5. The summed E-state index contributed by atoms with van der Waals surface area (Å²) in [7, 11) is 3.35. The first-order valence-electron chi connectivity index (χ1n) is 14.5. The molecule has 0 spiro atoms. The van der Waals surface area contributed by atoms with Gasteiger partial charge in [0.1, 0.15) is 11.4 Å². The summed E-state index contributed by atoms with van der Waals surface area (Å²) in [5, 5.41) is 31.1. The van der Waals surface area contributed by atoms with Crippen LogP contribution in [0.3, 0.4) is 0 Å². The highest BCUT2D eigenvalue weighted by Crippen LogP contribution is 2.30. The summed E-state index contributed by atoms with van der Waals surface area (Å²) in [6, 6.07) is 13.0. The van der Waals surface area contributed by atoms with E-state index in [1.165, 1.54) is 0 Å². The minimum Gasteiger partial charge on any atom is -0.497 e. The topological polar surface area (TPSA) is 137 Å². The smallest absolute Gasteiger partial charge is 0.268 e. The molecule has 0 saturated heterocycles. The minimum absolute atomic E-state index is 0.0505. The number of benzene rings is 2. The predicted molar refractivity (Wildman–Crippen MR) is 166 cm³/mol. The van der Waals surface area contributed by atoms with Crippen LogP contribution in [0.15, 0.2) is 48.7 Å². The molecule has 2 amide bonds. The lowest BCUT2D eigenvalue weighted by molar-refractivity contribution is 0.0796. The average molecular weight is 580 g/mol. The Morgan fingerprint density at radius 3 is 2.52 bits per heavy atom. The highest BCUT2D eigenvalue weighted by atomic mass is 16.5. The van der Waals surface area contributed by atoms with Crippen molar-refractivity contribution in [2.75, 3.05) is 45.2 Å². The molecule has 10 nitrogen and oxygen atoms in total. The number of aliphatic hydroxyl groups excluding tert-OH is 2. The molecule has 3 rings (SSSR count). The van der Waals surface area contributed by atoms with Gasteiger partial charge < -0.3 is 40.8 Å². The van der Waals surface area contributed by atoms with E-state index < -0.39 is 12.7 Å². The number of aromatic nitrogens is 1. The molecule has 2 aromatic carbocycles. The standard InChI is InChI=1S/C32H45N5O5/c1-6-7-10-33-11-12-34-26-9-8-21(2)29(17-26)31(40)36-22(3)23-13-24(15-28(14-23)42-5)25-16-30(37(4)19-25)32(41)35-18-27(39)20-38/h8-9,13-17,19,22,27,33-34,38-39H,6-7,10-12,18,20H2,1-5H3,(H,35,41)(H,36,40). The number of hydrogen-bond acceptors (Lipinski definition) is 7. The number of aliphatic hydroxyl groups is 2. The summed E-state index contributed by atoms with van der Waals surface area (Å²) in [4.78, 5) is 26.0. The summed E-state index contributed by atoms with van der Waals surface area (Å²) in [6.45, 7) is 8.16. The SMILES string of the molecule is CCCCNCCNc1ccc(C)c(C(=O)NC(C)c2cc(OC)cc(-c3cc(C(=O)NCC(O)CO)n(C)c3)c2)c1. The number of amides is 2. The molecule has 0 saturated carbocycles. The highest BCUT2D eigenvalue weighted by Gasteiger charge is 2.18. The van der Waals surface area contributed by atoms with E-state index in [-0.39, 0.29) is 24.4 Å². The Balaban J connectivity index is 1.74. The molecule has 42 heavy (non-hydrogen) atoms. The Morgan fingerprint density at radius 1 is 1.02 bits per heavy atom. The maximum atomic E-state index is 13.3. The van der Waals surface area contributed by atoms with Crippen molar-refractivity contribution in [3.63, 3.8) is 0 Å². The predicted octanol–water partition coefficient (Wildman–Crippen LogP) is 3.38. The van der Waals surface area contributed by atoms with Crippen LogP contribution in [0.5, 0.6) is 5.75 Å². The number of nitrogens with one attached hydrogen (secondary N) is 4. The van der Waals surface area contributed by atoms with Crippen LogP contribution in [0.2, 0.25) is 0 Å². The summed E-state index contributed by atoms with van der Waals surface area (Å²) < 4.78 is 7.26. The number of methoxy groups -OCH3 is 1. The van der Waals surface area contributed by atoms with Gasteiger partial charge in [-0.05, 0) is 79.9 Å². The van der Waals surface area contributed by atoms with Gasteiger partial charge in [-0.1, -0.05) is 19.4 Å². The minimum atomic E-state index is -1.02. The molecule has 3 aromatic rings. The molecule has 0 aliphatic rings. The van der Waals surface area contributed by atoms with E-state index in [1.54, 1.807) is 24.8 Å². The zero-order chi connectivity index (χ0) is 30.6. The zero-order valence-corrected chi connectivity index (χ0v) is 25.3. The van der Waals surface area contributed by atoms with Gasteiger partial charge in [-0.15, -0.1) is 0 Å². The fourth-order valence-corrected chi connectivity index (χ4v) is 4.53. The molecule has 2 atom stereocenters. The molecule has 1 heterocycles. The van der Waals surface area contributed by atoms with Gasteiger partial charge in [0.25, 0.3) is 11.8 Å². The van der Waals surface area contributed by atoms with Crippen molar-refractivity contribution in [2.24, 2.45) is 7.05 Å². The number of anilines is 1. The lowest BCUT2D eigenvalue weighted by Gasteiger charge is -2.18. The number of nitrogens with zero attached hydrogens (tertiary/aromatic N) is 1. The molecule has 0 aliphatic carbocycles. The maximum absolute atomic E-state index is 13.3. The summed E-state index contributed by atoms with van der Waals surface area (Å²) >= 11 is 0. The third-order valence-electron chi connectivity index (χ3n) is 7.11. The van der Waals surface area contributed by atoms with Gasteiger partial charge in [-0.3, -0.25) is 9.59 Å². The fourth-order valence-electron chi connectivity index (χ4n) is 4.53. The molecule has 10 heteroatoms. The molecule has 0 fully saturated rings. The van der Waals surface area contributed by atoms with Crippen molar-refractivity contribution < 1.29 is 24.5 Å². The Bertz CT molecular complexity index is 1340. The molecule has 0 radical (unpaired) electrons. The van der Waals surface area contributed by atoms with E-state index >= 15 is 0 Å². The van der Waals surface area contributed by atoms with E-state index in [2.05, 4.69) is 28.2 Å². The van der Waals surface area contributed by atoms with Gasteiger partial charge in [0.2, 0.25) is 0 Å². The molecule has 228 valence electrons. The van der Waals surface area contributed by atoms with Crippen LogP contribution in [0.1, 0.15) is 64.7 Å². The fraction of sp³-hybridized carbons (Fsp3) is 0.438. The third-order valence-corrected chi connectivity index (χ3v) is 7.11. The van der Waals surface area contributed by atoms with Gasteiger partial charge in [0.05, 0.1) is 25.9 Å². The monoisotopic (exact) mass is 579 g/mol. The van der Waals surface area contributed by atoms with Gasteiger partial charge in [-0.25, -0.2) is 0 Å². The molecule has 6 N–H and O–H groups in total. The number of unbranched alkanes of at least 4 members (excludes halogenated alkanes) is 1. The zero-order valence-electron chi connectivity index (χ0n) is 25.3. The Hall–Kier alpha value is -3.86. The van der Waals surface area contributed by atoms with E-state index in [1.807, 2.05) is 56.4 Å². The molecule has 0 bridgehead atoms. The Kier molecular flexibility index (Phi) is 12.4.